The molecular weight excluding hydrogens is 410 g/mol. The third-order valence-corrected chi connectivity index (χ3v) is 5.46. The second kappa shape index (κ2) is 8.81. The van der Waals surface area contributed by atoms with Gasteiger partial charge >= 0.3 is 0 Å². The van der Waals surface area contributed by atoms with Crippen LogP contribution in [0.5, 0.6) is 11.5 Å². The van der Waals surface area contributed by atoms with Gasteiger partial charge in [0.15, 0.2) is 23.0 Å². The summed E-state index contributed by atoms with van der Waals surface area (Å²) in [4.78, 5) is 6.78. The Morgan fingerprint density at radius 1 is 1.03 bits per heavy atom. The molecule has 166 valence electrons. The minimum Gasteiger partial charge on any atom is -0.454 e. The third-order valence-electron chi connectivity index (χ3n) is 5.46. The van der Waals surface area contributed by atoms with Gasteiger partial charge in [0.25, 0.3) is 0 Å². The molecule has 0 amide bonds. The first kappa shape index (κ1) is 20.2. The highest BCUT2D eigenvalue weighted by molar-refractivity contribution is 5.61. The minimum absolute atomic E-state index is 0.229. The van der Waals surface area contributed by atoms with E-state index in [0.717, 1.165) is 54.5 Å². The van der Waals surface area contributed by atoms with Crippen molar-refractivity contribution in [3.63, 3.8) is 0 Å². The number of aryl methyl sites for hydroxylation is 2. The van der Waals surface area contributed by atoms with Crippen molar-refractivity contribution in [2.24, 2.45) is 0 Å². The van der Waals surface area contributed by atoms with Crippen molar-refractivity contribution in [3.8, 4) is 22.9 Å². The third kappa shape index (κ3) is 3.95. The Bertz CT molecular complexity index is 1220. The maximum Gasteiger partial charge on any atom is 0.231 e. The number of rotatable bonds is 9. The molecule has 3 aromatic heterocycles. The standard InChI is InChI=1S/C22H25N7O3/c1-3-5-12-28(4-2)20-9-8-18-24-25-19(29(18)26-20)10-11-21-23-22(27-32-21)15-6-7-16-17(13-15)31-14-30-16/h6-9,13H,3-5,10-12,14H2,1-2H3. The summed E-state index contributed by atoms with van der Waals surface area (Å²) in [7, 11) is 0. The number of hydrogen-bond acceptors (Lipinski definition) is 9. The molecule has 0 atom stereocenters. The molecule has 10 heteroatoms. The van der Waals surface area contributed by atoms with Crippen LogP contribution in [0.15, 0.2) is 34.9 Å². The Hall–Kier alpha value is -3.69. The van der Waals surface area contributed by atoms with Crippen LogP contribution in [0.3, 0.4) is 0 Å². The predicted molar refractivity (Wildman–Crippen MR) is 117 cm³/mol. The van der Waals surface area contributed by atoms with Crippen LogP contribution in [0, 0.1) is 0 Å². The van der Waals surface area contributed by atoms with Crippen LogP contribution in [0.2, 0.25) is 0 Å². The molecular formula is C22H25N7O3. The van der Waals surface area contributed by atoms with Gasteiger partial charge in [0.2, 0.25) is 18.5 Å². The number of ether oxygens (including phenoxy) is 2. The van der Waals surface area contributed by atoms with Crippen molar-refractivity contribution in [3.05, 3.63) is 42.0 Å². The molecule has 5 rings (SSSR count). The van der Waals surface area contributed by atoms with E-state index in [2.05, 4.69) is 39.1 Å². The van der Waals surface area contributed by atoms with E-state index in [1.807, 2.05) is 30.3 Å². The van der Waals surface area contributed by atoms with Crippen molar-refractivity contribution in [1.82, 2.24) is 30.0 Å². The molecule has 32 heavy (non-hydrogen) atoms. The number of benzene rings is 1. The largest absolute Gasteiger partial charge is 0.454 e. The smallest absolute Gasteiger partial charge is 0.231 e. The summed E-state index contributed by atoms with van der Waals surface area (Å²) in [5.41, 5.74) is 1.54. The first-order valence-electron chi connectivity index (χ1n) is 10.9. The Kier molecular flexibility index (Phi) is 5.57. The second-order valence-electron chi connectivity index (χ2n) is 7.59. The second-order valence-corrected chi connectivity index (χ2v) is 7.59. The molecule has 4 aromatic rings. The van der Waals surface area contributed by atoms with Gasteiger partial charge in [-0.3, -0.25) is 0 Å². The van der Waals surface area contributed by atoms with Gasteiger partial charge in [-0.25, -0.2) is 0 Å². The molecule has 0 fully saturated rings. The van der Waals surface area contributed by atoms with Gasteiger partial charge in [0, 0.05) is 31.5 Å². The first-order chi connectivity index (χ1) is 15.7. The monoisotopic (exact) mass is 435 g/mol. The number of aromatic nitrogens is 6. The SMILES string of the molecule is CCCCN(CC)c1ccc2nnc(CCc3nc(-c4ccc5c(c4)OCO5)no3)n2n1. The summed E-state index contributed by atoms with van der Waals surface area (Å²) >= 11 is 0. The van der Waals surface area contributed by atoms with Crippen LogP contribution in [-0.2, 0) is 12.8 Å². The van der Waals surface area contributed by atoms with E-state index in [9.17, 15) is 0 Å². The van der Waals surface area contributed by atoms with E-state index >= 15 is 0 Å². The van der Waals surface area contributed by atoms with Gasteiger partial charge < -0.3 is 18.9 Å². The maximum atomic E-state index is 5.45. The highest BCUT2D eigenvalue weighted by Gasteiger charge is 2.17. The highest BCUT2D eigenvalue weighted by Crippen LogP contribution is 2.35. The van der Waals surface area contributed by atoms with Crippen LogP contribution < -0.4 is 14.4 Å². The van der Waals surface area contributed by atoms with Gasteiger partial charge in [-0.2, -0.15) is 9.50 Å². The number of unbranched alkanes of at least 4 members (excludes halogenated alkanes) is 1. The zero-order valence-electron chi connectivity index (χ0n) is 18.2. The molecule has 10 nitrogen and oxygen atoms in total. The lowest BCUT2D eigenvalue weighted by molar-refractivity contribution is 0.174. The number of nitrogens with zero attached hydrogens (tertiary/aromatic N) is 7. The van der Waals surface area contributed by atoms with E-state index in [4.69, 9.17) is 19.1 Å². The lowest BCUT2D eigenvalue weighted by Crippen LogP contribution is -2.25. The highest BCUT2D eigenvalue weighted by atomic mass is 16.7. The van der Waals surface area contributed by atoms with Crippen molar-refractivity contribution in [2.75, 3.05) is 24.8 Å². The van der Waals surface area contributed by atoms with Crippen molar-refractivity contribution >= 4 is 11.5 Å². The van der Waals surface area contributed by atoms with Gasteiger partial charge in [-0.05, 0) is 43.7 Å². The summed E-state index contributed by atoms with van der Waals surface area (Å²) in [5.74, 6) is 4.14. The minimum atomic E-state index is 0.229. The lowest BCUT2D eigenvalue weighted by Gasteiger charge is -2.21. The fourth-order valence-corrected chi connectivity index (χ4v) is 3.66. The van der Waals surface area contributed by atoms with Gasteiger partial charge in [-0.15, -0.1) is 15.3 Å². The summed E-state index contributed by atoms with van der Waals surface area (Å²) < 4.78 is 18.0. The Labute approximate surface area is 185 Å². The summed E-state index contributed by atoms with van der Waals surface area (Å²) in [5, 5.41) is 17.4. The van der Waals surface area contributed by atoms with Crippen LogP contribution in [0.25, 0.3) is 17.0 Å². The molecule has 0 bridgehead atoms. The fraction of sp³-hybridized carbons (Fsp3) is 0.409. The molecule has 0 aliphatic carbocycles. The average Bonchev–Trinajstić information content (AvgIpc) is 3.57. The van der Waals surface area contributed by atoms with Crippen LogP contribution in [-0.4, -0.2) is 49.8 Å². The van der Waals surface area contributed by atoms with Crippen molar-refractivity contribution in [1.29, 1.82) is 0 Å². The van der Waals surface area contributed by atoms with E-state index in [-0.39, 0.29) is 6.79 Å². The van der Waals surface area contributed by atoms with Crippen molar-refractivity contribution < 1.29 is 14.0 Å². The molecule has 0 spiro atoms. The Morgan fingerprint density at radius 3 is 2.81 bits per heavy atom. The van der Waals surface area contributed by atoms with E-state index in [1.165, 1.54) is 0 Å². The fourth-order valence-electron chi connectivity index (χ4n) is 3.66. The van der Waals surface area contributed by atoms with E-state index in [0.29, 0.717) is 30.3 Å². The average molecular weight is 435 g/mol. The summed E-state index contributed by atoms with van der Waals surface area (Å²) in [6, 6.07) is 9.55. The molecule has 0 radical (unpaired) electrons. The summed E-state index contributed by atoms with van der Waals surface area (Å²) in [6.07, 6.45) is 3.40. The number of hydrogen-bond donors (Lipinski definition) is 0. The molecule has 4 heterocycles. The molecule has 0 saturated heterocycles. The molecule has 1 aliphatic rings. The zero-order chi connectivity index (χ0) is 21.9. The van der Waals surface area contributed by atoms with Gasteiger partial charge in [-0.1, -0.05) is 18.5 Å². The lowest BCUT2D eigenvalue weighted by atomic mass is 10.2. The zero-order valence-corrected chi connectivity index (χ0v) is 18.2. The molecule has 1 aromatic carbocycles. The van der Waals surface area contributed by atoms with Gasteiger partial charge in [0.05, 0.1) is 0 Å². The van der Waals surface area contributed by atoms with Crippen molar-refractivity contribution in [2.45, 2.75) is 39.5 Å². The van der Waals surface area contributed by atoms with Crippen LogP contribution >= 0.6 is 0 Å². The quantitative estimate of drug-likeness (QED) is 0.391. The predicted octanol–water partition coefficient (Wildman–Crippen LogP) is 3.31. The number of anilines is 1. The molecule has 0 unspecified atom stereocenters. The van der Waals surface area contributed by atoms with E-state index < -0.39 is 0 Å². The topological polar surface area (TPSA) is 104 Å². The normalized spacial score (nSPS) is 12.6. The Balaban J connectivity index is 1.31. The molecule has 1 aliphatic heterocycles. The first-order valence-corrected chi connectivity index (χ1v) is 10.9. The number of fused-ring (bicyclic) bond motifs is 2. The van der Waals surface area contributed by atoms with Crippen LogP contribution in [0.4, 0.5) is 5.82 Å². The summed E-state index contributed by atoms with van der Waals surface area (Å²) in [6.45, 7) is 6.45. The van der Waals surface area contributed by atoms with Gasteiger partial charge in [0.1, 0.15) is 5.82 Å². The Morgan fingerprint density at radius 2 is 1.94 bits per heavy atom. The molecule has 0 saturated carbocycles. The van der Waals surface area contributed by atoms with E-state index in [1.54, 1.807) is 4.52 Å². The maximum absolute atomic E-state index is 5.45. The van der Waals surface area contributed by atoms with Crippen LogP contribution in [0.1, 0.15) is 38.4 Å². The molecule has 0 N–H and O–H groups in total.